The summed E-state index contributed by atoms with van der Waals surface area (Å²) in [4.78, 5) is 0. The molecule has 1 heterocycles. The van der Waals surface area contributed by atoms with Crippen LogP contribution >= 0.6 is 0 Å². The number of hydrogen-bond donors (Lipinski definition) is 1. The molecule has 1 aliphatic heterocycles. The fourth-order valence-electron chi connectivity index (χ4n) is 3.09. The monoisotopic (exact) mass is 291 g/mol. The summed E-state index contributed by atoms with van der Waals surface area (Å²) < 4.78 is 11.5. The number of hydrogen-bond acceptors (Lipinski definition) is 3. The van der Waals surface area contributed by atoms with Gasteiger partial charge in [-0.25, -0.2) is 0 Å². The summed E-state index contributed by atoms with van der Waals surface area (Å²) in [6, 6.07) is 8.72. The van der Waals surface area contributed by atoms with Gasteiger partial charge in [0.2, 0.25) is 0 Å². The van der Waals surface area contributed by atoms with Gasteiger partial charge in [0.1, 0.15) is 5.75 Å². The third-order valence-electron chi connectivity index (χ3n) is 4.45. The molecule has 2 unspecified atom stereocenters. The predicted octanol–water partition coefficient (Wildman–Crippen LogP) is 3.57. The average molecular weight is 291 g/mol. The zero-order valence-corrected chi connectivity index (χ0v) is 13.7. The van der Waals surface area contributed by atoms with Crippen LogP contribution in [0.15, 0.2) is 24.3 Å². The molecule has 2 atom stereocenters. The van der Waals surface area contributed by atoms with Gasteiger partial charge in [-0.1, -0.05) is 19.1 Å². The van der Waals surface area contributed by atoms with E-state index in [1.165, 1.54) is 18.4 Å². The van der Waals surface area contributed by atoms with Crippen molar-refractivity contribution in [1.29, 1.82) is 0 Å². The van der Waals surface area contributed by atoms with E-state index < -0.39 is 0 Å². The Bertz CT molecular complexity index is 427. The molecule has 0 amide bonds. The van der Waals surface area contributed by atoms with Gasteiger partial charge >= 0.3 is 0 Å². The maximum atomic E-state index is 6.16. The summed E-state index contributed by atoms with van der Waals surface area (Å²) >= 11 is 0. The van der Waals surface area contributed by atoms with E-state index >= 15 is 0 Å². The Kier molecular flexibility index (Phi) is 6.07. The molecule has 1 saturated heterocycles. The van der Waals surface area contributed by atoms with Crippen molar-refractivity contribution < 1.29 is 9.47 Å². The lowest BCUT2D eigenvalue weighted by Gasteiger charge is -2.41. The van der Waals surface area contributed by atoms with Gasteiger partial charge in [-0.15, -0.1) is 0 Å². The van der Waals surface area contributed by atoms with Crippen LogP contribution in [0, 0.1) is 0 Å². The van der Waals surface area contributed by atoms with Crippen LogP contribution in [0.2, 0.25) is 0 Å². The Morgan fingerprint density at radius 3 is 2.90 bits per heavy atom. The molecule has 3 heteroatoms. The second kappa shape index (κ2) is 7.81. The summed E-state index contributed by atoms with van der Waals surface area (Å²) in [5.74, 6) is 0.927. The first-order valence-corrected chi connectivity index (χ1v) is 8.18. The molecule has 3 nitrogen and oxygen atoms in total. The molecule has 2 rings (SSSR count). The van der Waals surface area contributed by atoms with E-state index in [0.29, 0.717) is 6.04 Å². The van der Waals surface area contributed by atoms with Crippen molar-refractivity contribution in [3.8, 4) is 5.75 Å². The second-order valence-corrected chi connectivity index (χ2v) is 6.18. The van der Waals surface area contributed by atoms with Crippen molar-refractivity contribution in [1.82, 2.24) is 5.32 Å². The SMILES string of the molecule is CCCNC(Cc1cccc(OC)c1)C1(C)CCCCO1. The first-order chi connectivity index (χ1) is 10.2. The molecule has 118 valence electrons. The van der Waals surface area contributed by atoms with E-state index in [0.717, 1.165) is 38.2 Å². The number of nitrogens with one attached hydrogen (secondary N) is 1. The minimum atomic E-state index is -0.0590. The molecule has 0 saturated carbocycles. The minimum absolute atomic E-state index is 0.0590. The van der Waals surface area contributed by atoms with Crippen molar-refractivity contribution in [3.05, 3.63) is 29.8 Å². The van der Waals surface area contributed by atoms with E-state index in [1.54, 1.807) is 7.11 Å². The number of methoxy groups -OCH3 is 1. The topological polar surface area (TPSA) is 30.5 Å². The van der Waals surface area contributed by atoms with Crippen molar-refractivity contribution in [3.63, 3.8) is 0 Å². The van der Waals surface area contributed by atoms with Crippen molar-refractivity contribution in [2.75, 3.05) is 20.3 Å². The van der Waals surface area contributed by atoms with Crippen LogP contribution < -0.4 is 10.1 Å². The summed E-state index contributed by atoms with van der Waals surface area (Å²) in [6.45, 7) is 6.39. The van der Waals surface area contributed by atoms with Gasteiger partial charge in [-0.05, 0) is 63.3 Å². The van der Waals surface area contributed by atoms with Gasteiger partial charge in [0.25, 0.3) is 0 Å². The maximum absolute atomic E-state index is 6.16. The molecule has 1 N–H and O–H groups in total. The summed E-state index contributed by atoms with van der Waals surface area (Å²) in [5, 5.41) is 3.70. The van der Waals surface area contributed by atoms with Crippen LogP contribution in [-0.4, -0.2) is 31.9 Å². The zero-order valence-electron chi connectivity index (χ0n) is 13.7. The van der Waals surface area contributed by atoms with E-state index in [2.05, 4.69) is 37.4 Å². The van der Waals surface area contributed by atoms with Crippen LogP contribution in [-0.2, 0) is 11.2 Å². The zero-order chi connectivity index (χ0) is 15.1. The minimum Gasteiger partial charge on any atom is -0.497 e. The molecule has 1 aliphatic rings. The van der Waals surface area contributed by atoms with Crippen LogP contribution in [0.25, 0.3) is 0 Å². The van der Waals surface area contributed by atoms with Crippen molar-refractivity contribution in [2.45, 2.75) is 57.6 Å². The molecule has 0 bridgehead atoms. The highest BCUT2D eigenvalue weighted by atomic mass is 16.5. The lowest BCUT2D eigenvalue weighted by molar-refractivity contribution is -0.0883. The molecule has 0 aliphatic carbocycles. The lowest BCUT2D eigenvalue weighted by Crippen LogP contribution is -2.53. The van der Waals surface area contributed by atoms with E-state index in [1.807, 2.05) is 6.07 Å². The quantitative estimate of drug-likeness (QED) is 0.833. The standard InChI is InChI=1S/C18H29NO2/c1-4-11-19-17(18(2)10-5-6-12-21-18)14-15-8-7-9-16(13-15)20-3/h7-9,13,17,19H,4-6,10-12,14H2,1-3H3. The Labute approximate surface area is 129 Å². The molecular weight excluding hydrogens is 262 g/mol. The molecule has 0 spiro atoms. The fraction of sp³-hybridized carbons (Fsp3) is 0.667. The molecule has 21 heavy (non-hydrogen) atoms. The smallest absolute Gasteiger partial charge is 0.119 e. The average Bonchev–Trinajstić information content (AvgIpc) is 2.52. The Morgan fingerprint density at radius 2 is 2.24 bits per heavy atom. The third kappa shape index (κ3) is 4.45. The Balaban J connectivity index is 2.11. The highest BCUT2D eigenvalue weighted by Crippen LogP contribution is 2.30. The van der Waals surface area contributed by atoms with E-state index in [9.17, 15) is 0 Å². The van der Waals surface area contributed by atoms with Crippen LogP contribution in [0.4, 0.5) is 0 Å². The predicted molar refractivity (Wildman–Crippen MR) is 87.0 cm³/mol. The van der Waals surface area contributed by atoms with E-state index in [4.69, 9.17) is 9.47 Å². The largest absolute Gasteiger partial charge is 0.497 e. The lowest BCUT2D eigenvalue weighted by atomic mass is 9.84. The first-order valence-electron chi connectivity index (χ1n) is 8.18. The summed E-state index contributed by atoms with van der Waals surface area (Å²) in [6.07, 6.45) is 5.71. The van der Waals surface area contributed by atoms with Gasteiger partial charge in [0.15, 0.2) is 0 Å². The maximum Gasteiger partial charge on any atom is 0.119 e. The van der Waals surface area contributed by atoms with Gasteiger partial charge in [0.05, 0.1) is 12.7 Å². The third-order valence-corrected chi connectivity index (χ3v) is 4.45. The molecular formula is C18H29NO2. The van der Waals surface area contributed by atoms with Gasteiger partial charge in [-0.2, -0.15) is 0 Å². The number of rotatable bonds is 7. The summed E-state index contributed by atoms with van der Waals surface area (Å²) in [5.41, 5.74) is 1.24. The van der Waals surface area contributed by atoms with Crippen molar-refractivity contribution >= 4 is 0 Å². The Morgan fingerprint density at radius 1 is 1.38 bits per heavy atom. The van der Waals surface area contributed by atoms with Crippen molar-refractivity contribution in [2.24, 2.45) is 0 Å². The van der Waals surface area contributed by atoms with Gasteiger partial charge in [-0.3, -0.25) is 0 Å². The highest BCUT2D eigenvalue weighted by Gasteiger charge is 2.36. The van der Waals surface area contributed by atoms with Crippen LogP contribution in [0.3, 0.4) is 0 Å². The second-order valence-electron chi connectivity index (χ2n) is 6.18. The molecule has 1 aromatic rings. The fourth-order valence-corrected chi connectivity index (χ4v) is 3.09. The number of benzene rings is 1. The van der Waals surface area contributed by atoms with Crippen LogP contribution in [0.1, 0.15) is 45.1 Å². The normalized spacial score (nSPS) is 23.8. The van der Waals surface area contributed by atoms with Gasteiger partial charge < -0.3 is 14.8 Å². The van der Waals surface area contributed by atoms with Gasteiger partial charge in [0, 0.05) is 12.6 Å². The number of ether oxygens (including phenoxy) is 2. The highest BCUT2D eigenvalue weighted by molar-refractivity contribution is 5.29. The Hall–Kier alpha value is -1.06. The molecule has 0 radical (unpaired) electrons. The molecule has 0 aromatic heterocycles. The van der Waals surface area contributed by atoms with E-state index in [-0.39, 0.29) is 5.60 Å². The van der Waals surface area contributed by atoms with Crippen LogP contribution in [0.5, 0.6) is 5.75 Å². The molecule has 1 aromatic carbocycles. The summed E-state index contributed by atoms with van der Waals surface area (Å²) in [7, 11) is 1.72. The first kappa shape index (κ1) is 16.3. The molecule has 1 fully saturated rings.